The van der Waals surface area contributed by atoms with Gasteiger partial charge in [0.05, 0.1) is 6.61 Å². The molecule has 3 N–H and O–H groups in total. The normalized spacial score (nSPS) is 12.4. The summed E-state index contributed by atoms with van der Waals surface area (Å²) >= 11 is 0. The second-order valence-electron chi connectivity index (χ2n) is 14.9. The zero-order valence-corrected chi connectivity index (χ0v) is 32.3. The van der Waals surface area contributed by atoms with Crippen molar-refractivity contribution in [2.24, 2.45) is 0 Å². The van der Waals surface area contributed by atoms with Gasteiger partial charge in [0.25, 0.3) is 5.91 Å². The molecule has 9 heteroatoms. The third kappa shape index (κ3) is 12.1. The molecule has 0 radical (unpaired) electrons. The van der Waals surface area contributed by atoms with Gasteiger partial charge in [0.2, 0.25) is 5.91 Å². The van der Waals surface area contributed by atoms with Crippen molar-refractivity contribution in [3.8, 4) is 28.3 Å². The smallest absolute Gasteiger partial charge is 0.326 e. The quantitative estimate of drug-likeness (QED) is 0.0767. The number of benzene rings is 4. The molecule has 286 valence electrons. The lowest BCUT2D eigenvalue weighted by Gasteiger charge is -2.22. The van der Waals surface area contributed by atoms with Crippen LogP contribution in [0.1, 0.15) is 86.8 Å². The lowest BCUT2D eigenvalue weighted by atomic mass is 9.86. The van der Waals surface area contributed by atoms with Crippen LogP contribution < -0.4 is 15.4 Å². The molecule has 0 aliphatic heterocycles. The average molecular weight is 741 g/mol. The monoisotopic (exact) mass is 740 g/mol. The fraction of sp³-hybridized carbons (Fsp3) is 0.326. The second-order valence-corrected chi connectivity index (χ2v) is 14.9. The summed E-state index contributed by atoms with van der Waals surface area (Å²) in [5.41, 5.74) is 5.59. The molecule has 0 bridgehead atoms. The molecule has 4 aromatic carbocycles. The first-order valence-corrected chi connectivity index (χ1v) is 19.1. The van der Waals surface area contributed by atoms with Crippen LogP contribution in [-0.2, 0) is 27.8 Å². The van der Waals surface area contributed by atoms with Crippen LogP contribution in [0.25, 0.3) is 22.5 Å². The van der Waals surface area contributed by atoms with Gasteiger partial charge in [-0.3, -0.25) is 9.59 Å². The number of carbonyl (C=O) groups is 3. The van der Waals surface area contributed by atoms with E-state index in [4.69, 9.17) is 4.74 Å². The highest BCUT2D eigenvalue weighted by molar-refractivity contribution is 5.98. The molecule has 55 heavy (non-hydrogen) atoms. The number of aromatic nitrogens is 2. The molecule has 0 fully saturated rings. The van der Waals surface area contributed by atoms with Gasteiger partial charge in [-0.05, 0) is 58.4 Å². The lowest BCUT2D eigenvalue weighted by molar-refractivity contribution is -0.142. The van der Waals surface area contributed by atoms with E-state index in [9.17, 15) is 19.5 Å². The molecule has 2 atom stereocenters. The predicted octanol–water partition coefficient (Wildman–Crippen LogP) is 8.61. The minimum absolute atomic E-state index is 0.0873. The number of unbranched alkanes of at least 4 members (excludes halogenated alkanes) is 4. The van der Waals surface area contributed by atoms with Gasteiger partial charge in [0.15, 0.2) is 5.82 Å². The van der Waals surface area contributed by atoms with Crippen molar-refractivity contribution in [2.45, 2.75) is 90.1 Å². The highest BCUT2D eigenvalue weighted by Crippen LogP contribution is 2.25. The van der Waals surface area contributed by atoms with Crippen molar-refractivity contribution in [1.29, 1.82) is 0 Å². The molecule has 2 amide bonds. The summed E-state index contributed by atoms with van der Waals surface area (Å²) in [7, 11) is 0. The number of carboxylic acids is 1. The standard InChI is InChI=1S/C46H52N4O5/c1-5-6-7-8-12-27-55-39-25-21-34(22-26-39)37-30-47-42(48-31-37)35-17-15-33(16-18-35)28-40(49-43(51)36-19-23-38(24-20-36)46(2,3)4)44(52)50-41(45(53)54)29-32-13-10-9-11-14-32/h9-11,13-26,30-31,40-41H,5-8,12,27-29H2,1-4H3,(H,49,51)(H,50,52)(H,53,54)/t40-,41?/m0/s1. The van der Waals surface area contributed by atoms with Crippen LogP contribution in [-0.4, -0.2) is 51.5 Å². The predicted molar refractivity (Wildman–Crippen MR) is 217 cm³/mol. The Morgan fingerprint density at radius 3 is 1.89 bits per heavy atom. The molecule has 5 aromatic rings. The summed E-state index contributed by atoms with van der Waals surface area (Å²) in [6, 6.07) is 29.6. The van der Waals surface area contributed by atoms with Gasteiger partial charge in [-0.1, -0.05) is 132 Å². The van der Waals surface area contributed by atoms with Crippen LogP contribution in [0.15, 0.2) is 116 Å². The fourth-order valence-corrected chi connectivity index (χ4v) is 6.19. The van der Waals surface area contributed by atoms with E-state index < -0.39 is 29.9 Å². The van der Waals surface area contributed by atoms with Crippen LogP contribution in [0.4, 0.5) is 0 Å². The van der Waals surface area contributed by atoms with Crippen molar-refractivity contribution in [1.82, 2.24) is 20.6 Å². The Hall–Kier alpha value is -5.83. The Balaban J connectivity index is 1.26. The third-order valence-corrected chi connectivity index (χ3v) is 9.54. The Labute approximate surface area is 324 Å². The molecular formula is C46H52N4O5. The van der Waals surface area contributed by atoms with Gasteiger partial charge in [-0.25, -0.2) is 14.8 Å². The number of nitrogens with zero attached hydrogens (tertiary/aromatic N) is 2. The van der Waals surface area contributed by atoms with Crippen molar-refractivity contribution in [3.63, 3.8) is 0 Å². The molecule has 0 saturated heterocycles. The fourth-order valence-electron chi connectivity index (χ4n) is 6.19. The molecule has 0 aliphatic carbocycles. The minimum atomic E-state index is -1.18. The van der Waals surface area contributed by atoms with E-state index in [0.717, 1.165) is 45.6 Å². The van der Waals surface area contributed by atoms with Gasteiger partial charge >= 0.3 is 5.97 Å². The summed E-state index contributed by atoms with van der Waals surface area (Å²) in [4.78, 5) is 48.6. The number of hydrogen-bond acceptors (Lipinski definition) is 6. The first-order valence-electron chi connectivity index (χ1n) is 19.1. The maximum atomic E-state index is 13.7. The van der Waals surface area contributed by atoms with Crippen molar-refractivity contribution in [3.05, 3.63) is 138 Å². The van der Waals surface area contributed by atoms with Crippen LogP contribution in [0.5, 0.6) is 5.75 Å². The average Bonchev–Trinajstić information content (AvgIpc) is 3.19. The van der Waals surface area contributed by atoms with Gasteiger partial charge < -0.3 is 20.5 Å². The third-order valence-electron chi connectivity index (χ3n) is 9.54. The first-order chi connectivity index (χ1) is 26.5. The van der Waals surface area contributed by atoms with Gasteiger partial charge in [0, 0.05) is 41.9 Å². The highest BCUT2D eigenvalue weighted by atomic mass is 16.5. The molecule has 1 aromatic heterocycles. The Morgan fingerprint density at radius 1 is 0.673 bits per heavy atom. The maximum Gasteiger partial charge on any atom is 0.326 e. The zero-order valence-electron chi connectivity index (χ0n) is 32.3. The van der Waals surface area contributed by atoms with E-state index in [0.29, 0.717) is 18.0 Å². The van der Waals surface area contributed by atoms with E-state index in [1.54, 1.807) is 24.5 Å². The van der Waals surface area contributed by atoms with E-state index in [1.807, 2.05) is 91.0 Å². The van der Waals surface area contributed by atoms with Crippen LogP contribution in [0.2, 0.25) is 0 Å². The molecule has 5 rings (SSSR count). The van der Waals surface area contributed by atoms with Crippen molar-refractivity contribution < 1.29 is 24.2 Å². The maximum absolute atomic E-state index is 13.7. The summed E-state index contributed by atoms with van der Waals surface area (Å²) in [5, 5.41) is 15.5. The van der Waals surface area contributed by atoms with E-state index in [1.165, 1.54) is 25.7 Å². The Bertz CT molecular complexity index is 1970. The van der Waals surface area contributed by atoms with Crippen molar-refractivity contribution >= 4 is 17.8 Å². The molecule has 0 spiro atoms. The van der Waals surface area contributed by atoms with Gasteiger partial charge in [0.1, 0.15) is 17.8 Å². The van der Waals surface area contributed by atoms with Crippen LogP contribution in [0.3, 0.4) is 0 Å². The molecule has 1 unspecified atom stereocenters. The van der Waals surface area contributed by atoms with E-state index >= 15 is 0 Å². The Morgan fingerprint density at radius 2 is 1.27 bits per heavy atom. The summed E-state index contributed by atoms with van der Waals surface area (Å²) in [5.74, 6) is -0.789. The van der Waals surface area contributed by atoms with E-state index in [2.05, 4.69) is 48.3 Å². The lowest BCUT2D eigenvalue weighted by Crippen LogP contribution is -2.53. The minimum Gasteiger partial charge on any atom is -0.494 e. The van der Waals surface area contributed by atoms with Crippen molar-refractivity contribution in [2.75, 3.05) is 6.61 Å². The number of aliphatic carboxylic acids is 1. The SMILES string of the molecule is CCCCCCCOc1ccc(-c2cnc(-c3ccc(C[C@H](NC(=O)c4ccc(C(C)(C)C)cc4)C(=O)NC(Cc4ccccc4)C(=O)O)cc3)nc2)cc1. The summed E-state index contributed by atoms with van der Waals surface area (Å²) in [6.07, 6.45) is 9.80. The molecular weight excluding hydrogens is 689 g/mol. The second kappa shape index (κ2) is 19.5. The number of ether oxygens (including phenoxy) is 1. The number of carboxylic acid groups (broad SMARTS) is 1. The largest absolute Gasteiger partial charge is 0.494 e. The summed E-state index contributed by atoms with van der Waals surface area (Å²) in [6.45, 7) is 9.21. The zero-order chi connectivity index (χ0) is 39.2. The van der Waals surface area contributed by atoms with Crippen LogP contribution >= 0.6 is 0 Å². The van der Waals surface area contributed by atoms with Gasteiger partial charge in [-0.15, -0.1) is 0 Å². The van der Waals surface area contributed by atoms with Gasteiger partial charge in [-0.2, -0.15) is 0 Å². The number of hydrogen-bond donors (Lipinski definition) is 3. The number of carbonyl (C=O) groups excluding carboxylic acids is 2. The highest BCUT2D eigenvalue weighted by Gasteiger charge is 2.28. The Kier molecular flexibility index (Phi) is 14.3. The molecule has 9 nitrogen and oxygen atoms in total. The topological polar surface area (TPSA) is 131 Å². The number of nitrogens with one attached hydrogen (secondary N) is 2. The molecule has 1 heterocycles. The molecule has 0 saturated carbocycles. The first kappa shape index (κ1) is 40.4. The summed E-state index contributed by atoms with van der Waals surface area (Å²) < 4.78 is 5.90. The van der Waals surface area contributed by atoms with Crippen LogP contribution in [0, 0.1) is 0 Å². The van der Waals surface area contributed by atoms with E-state index in [-0.39, 0.29) is 18.3 Å². The number of amides is 2. The molecule has 0 aliphatic rings. The number of rotatable bonds is 18.